The maximum Gasteiger partial charge on any atom is 0.252 e. The first-order chi connectivity index (χ1) is 12.9. The molecule has 0 aromatic heterocycles. The Hall–Kier alpha value is -2.19. The molecule has 2 aromatic carbocycles. The van der Waals surface area contributed by atoms with Crippen molar-refractivity contribution in [3.8, 4) is 0 Å². The van der Waals surface area contributed by atoms with Gasteiger partial charge in [-0.25, -0.2) is 12.8 Å². The van der Waals surface area contributed by atoms with Crippen LogP contribution >= 0.6 is 11.8 Å². The molecule has 0 spiro atoms. The highest BCUT2D eigenvalue weighted by atomic mass is 32.2. The third-order valence-corrected chi connectivity index (χ3v) is 7.78. The zero-order valence-corrected chi connectivity index (χ0v) is 15.9. The fraction of sp³-hybridized carbons (Fsp3) is 0.263. The molecule has 2 aliphatic rings. The average Bonchev–Trinajstić information content (AvgIpc) is 3.06. The van der Waals surface area contributed by atoms with Crippen molar-refractivity contribution < 1.29 is 17.6 Å². The van der Waals surface area contributed by atoms with Gasteiger partial charge in [-0.2, -0.15) is 4.99 Å². The Morgan fingerprint density at radius 1 is 1.15 bits per heavy atom. The molecule has 0 aliphatic carbocycles. The molecular weight excluding hydrogens is 387 g/mol. The van der Waals surface area contributed by atoms with Gasteiger partial charge < -0.3 is 4.90 Å². The van der Waals surface area contributed by atoms with Crippen molar-refractivity contribution in [3.63, 3.8) is 0 Å². The summed E-state index contributed by atoms with van der Waals surface area (Å²) in [6.45, 7) is 0. The molecule has 140 valence electrons. The number of amides is 1. The van der Waals surface area contributed by atoms with Gasteiger partial charge in [-0.1, -0.05) is 48.2 Å². The zero-order valence-electron chi connectivity index (χ0n) is 14.3. The third-order valence-electron chi connectivity index (χ3n) is 4.57. The lowest BCUT2D eigenvalue weighted by molar-refractivity contribution is -0.117. The van der Waals surface area contributed by atoms with E-state index in [2.05, 4.69) is 4.99 Å². The number of amidine groups is 1. The second-order valence-electron chi connectivity index (χ2n) is 6.60. The van der Waals surface area contributed by atoms with Crippen LogP contribution in [0.15, 0.2) is 59.6 Å². The minimum Gasteiger partial charge on any atom is -0.315 e. The van der Waals surface area contributed by atoms with Gasteiger partial charge in [0.05, 0.1) is 24.0 Å². The van der Waals surface area contributed by atoms with Gasteiger partial charge >= 0.3 is 0 Å². The largest absolute Gasteiger partial charge is 0.315 e. The molecule has 27 heavy (non-hydrogen) atoms. The number of halogens is 1. The van der Waals surface area contributed by atoms with E-state index in [4.69, 9.17) is 0 Å². The lowest BCUT2D eigenvalue weighted by Crippen LogP contribution is -2.37. The molecule has 0 N–H and O–H groups in total. The SMILES string of the molecule is O=C(Cc1ccccc1)N=C1S[C@@H]2CS(=O)(=O)C[C@@H]2N1c1cccc(F)c1. The first kappa shape index (κ1) is 18.2. The smallest absolute Gasteiger partial charge is 0.252 e. The summed E-state index contributed by atoms with van der Waals surface area (Å²) in [5, 5.41) is 0.230. The fourth-order valence-corrected chi connectivity index (χ4v) is 7.34. The third kappa shape index (κ3) is 3.91. The Morgan fingerprint density at radius 2 is 1.93 bits per heavy atom. The van der Waals surface area contributed by atoms with E-state index < -0.39 is 15.7 Å². The monoisotopic (exact) mass is 404 g/mol. The minimum absolute atomic E-state index is 0.0208. The molecule has 2 fully saturated rings. The van der Waals surface area contributed by atoms with E-state index >= 15 is 0 Å². The Kier molecular flexibility index (Phi) is 4.77. The highest BCUT2D eigenvalue weighted by Crippen LogP contribution is 2.41. The fourth-order valence-electron chi connectivity index (χ4n) is 3.41. The molecule has 0 radical (unpaired) electrons. The number of sulfone groups is 1. The number of anilines is 1. The van der Waals surface area contributed by atoms with Crippen LogP contribution in [0.25, 0.3) is 0 Å². The molecule has 5 nitrogen and oxygen atoms in total. The molecule has 0 unspecified atom stereocenters. The van der Waals surface area contributed by atoms with Crippen molar-refractivity contribution in [1.82, 2.24) is 0 Å². The Balaban J connectivity index is 1.65. The van der Waals surface area contributed by atoms with Gasteiger partial charge in [0.2, 0.25) is 0 Å². The van der Waals surface area contributed by atoms with Gasteiger partial charge in [-0.05, 0) is 23.8 Å². The lowest BCUT2D eigenvalue weighted by atomic mass is 10.1. The van der Waals surface area contributed by atoms with Crippen LogP contribution in [0.3, 0.4) is 0 Å². The van der Waals surface area contributed by atoms with E-state index in [1.165, 1.54) is 23.9 Å². The molecule has 0 bridgehead atoms. The predicted molar refractivity (Wildman–Crippen MR) is 105 cm³/mol. The standard InChI is InChI=1S/C19H17FN2O3S2/c20-14-7-4-8-15(10-14)22-16-11-27(24,25)12-17(16)26-19(22)21-18(23)9-13-5-2-1-3-6-13/h1-8,10,16-17H,9,11-12H2/t16-,17+/m0/s1. The summed E-state index contributed by atoms with van der Waals surface area (Å²) in [4.78, 5) is 18.4. The van der Waals surface area contributed by atoms with E-state index in [9.17, 15) is 17.6 Å². The Labute approximate surface area is 161 Å². The zero-order chi connectivity index (χ0) is 19.0. The quantitative estimate of drug-likeness (QED) is 0.787. The topological polar surface area (TPSA) is 66.8 Å². The normalized spacial score (nSPS) is 24.9. The van der Waals surface area contributed by atoms with Gasteiger partial charge in [0.25, 0.3) is 5.91 Å². The number of rotatable bonds is 3. The highest BCUT2D eigenvalue weighted by Gasteiger charge is 2.49. The van der Waals surface area contributed by atoms with E-state index in [1.807, 2.05) is 30.3 Å². The van der Waals surface area contributed by atoms with Crippen molar-refractivity contribution in [2.75, 3.05) is 16.4 Å². The molecule has 2 saturated heterocycles. The van der Waals surface area contributed by atoms with Crippen molar-refractivity contribution >= 4 is 38.4 Å². The minimum atomic E-state index is -3.15. The second-order valence-corrected chi connectivity index (χ2v) is 9.96. The molecule has 8 heteroatoms. The number of hydrogen-bond donors (Lipinski definition) is 0. The second kappa shape index (κ2) is 7.09. The molecule has 4 rings (SSSR count). The number of carbonyl (C=O) groups is 1. The molecule has 2 atom stereocenters. The number of hydrogen-bond acceptors (Lipinski definition) is 4. The van der Waals surface area contributed by atoms with Crippen LogP contribution in [0.2, 0.25) is 0 Å². The van der Waals surface area contributed by atoms with Gasteiger partial charge in [-0.15, -0.1) is 0 Å². The van der Waals surface area contributed by atoms with Gasteiger partial charge in [0.1, 0.15) is 5.82 Å². The van der Waals surface area contributed by atoms with Crippen molar-refractivity contribution in [3.05, 3.63) is 66.0 Å². The lowest BCUT2D eigenvalue weighted by Gasteiger charge is -2.24. The van der Waals surface area contributed by atoms with Crippen molar-refractivity contribution in [2.24, 2.45) is 4.99 Å². The first-order valence-corrected chi connectivity index (χ1v) is 11.2. The highest BCUT2D eigenvalue weighted by molar-refractivity contribution is 8.16. The molecule has 2 aliphatic heterocycles. The van der Waals surface area contributed by atoms with Crippen LogP contribution in [0.1, 0.15) is 5.56 Å². The van der Waals surface area contributed by atoms with Crippen LogP contribution in [-0.2, 0) is 21.1 Å². The van der Waals surface area contributed by atoms with Gasteiger partial charge in [-0.3, -0.25) is 4.79 Å². The number of benzene rings is 2. The van der Waals surface area contributed by atoms with E-state index in [0.29, 0.717) is 10.9 Å². The van der Waals surface area contributed by atoms with Crippen LogP contribution in [-0.4, -0.2) is 42.3 Å². The average molecular weight is 404 g/mol. The van der Waals surface area contributed by atoms with Crippen molar-refractivity contribution in [1.29, 1.82) is 0 Å². The van der Waals surface area contributed by atoms with Crippen LogP contribution < -0.4 is 4.90 Å². The predicted octanol–water partition coefficient (Wildman–Crippen LogP) is 2.67. The molecular formula is C19H17FN2O3S2. The summed E-state index contributed by atoms with van der Waals surface area (Å²) in [6, 6.07) is 14.9. The summed E-state index contributed by atoms with van der Waals surface area (Å²) in [6.07, 6.45) is 0.162. The summed E-state index contributed by atoms with van der Waals surface area (Å²) in [5.41, 5.74) is 1.37. The number of nitrogens with zero attached hydrogens (tertiary/aromatic N) is 2. The van der Waals surface area contributed by atoms with E-state index in [1.54, 1.807) is 17.0 Å². The number of fused-ring (bicyclic) bond motifs is 1. The maximum atomic E-state index is 13.7. The van der Waals surface area contributed by atoms with Crippen LogP contribution in [0.5, 0.6) is 0 Å². The van der Waals surface area contributed by atoms with Crippen LogP contribution in [0, 0.1) is 5.82 Å². The van der Waals surface area contributed by atoms with E-state index in [-0.39, 0.29) is 35.1 Å². The first-order valence-electron chi connectivity index (χ1n) is 8.49. The Bertz CT molecular complexity index is 1010. The Morgan fingerprint density at radius 3 is 2.67 bits per heavy atom. The molecule has 1 amide bonds. The number of aliphatic imine (C=N–C) groups is 1. The van der Waals surface area contributed by atoms with Gasteiger partial charge in [0, 0.05) is 10.9 Å². The van der Waals surface area contributed by atoms with Crippen molar-refractivity contribution in [2.45, 2.75) is 17.7 Å². The molecule has 2 aromatic rings. The molecule has 2 heterocycles. The van der Waals surface area contributed by atoms with Crippen LogP contribution in [0.4, 0.5) is 10.1 Å². The number of thioether (sulfide) groups is 1. The summed E-state index contributed by atoms with van der Waals surface area (Å²) in [7, 11) is -3.15. The number of carbonyl (C=O) groups excluding carboxylic acids is 1. The summed E-state index contributed by atoms with van der Waals surface area (Å²) < 4.78 is 37.8. The molecule has 0 saturated carbocycles. The van der Waals surface area contributed by atoms with Gasteiger partial charge in [0.15, 0.2) is 15.0 Å². The maximum absolute atomic E-state index is 13.7. The summed E-state index contributed by atoms with van der Waals surface area (Å²) in [5.74, 6) is -0.711. The van der Waals surface area contributed by atoms with E-state index in [0.717, 1.165) is 5.56 Å². The summed E-state index contributed by atoms with van der Waals surface area (Å²) >= 11 is 1.28.